The Balaban J connectivity index is 0.00000363. The highest BCUT2D eigenvalue weighted by atomic mass is 127. The third-order valence-electron chi connectivity index (χ3n) is 5.15. The number of nitrogens with one attached hydrogen (secondary N) is 2. The summed E-state index contributed by atoms with van der Waals surface area (Å²) in [5.41, 5.74) is 0.917. The third-order valence-corrected chi connectivity index (χ3v) is 5.15. The van der Waals surface area contributed by atoms with Crippen LogP contribution >= 0.6 is 24.0 Å². The molecule has 0 radical (unpaired) electrons. The Labute approximate surface area is 207 Å². The molecule has 0 aliphatic rings. The van der Waals surface area contributed by atoms with Gasteiger partial charge in [0.25, 0.3) is 0 Å². The summed E-state index contributed by atoms with van der Waals surface area (Å²) < 4.78 is 7.73. The van der Waals surface area contributed by atoms with Crippen molar-refractivity contribution in [3.63, 3.8) is 0 Å². The van der Waals surface area contributed by atoms with Crippen LogP contribution in [0, 0.1) is 13.8 Å². The van der Waals surface area contributed by atoms with Gasteiger partial charge in [0, 0.05) is 44.0 Å². The number of benzene rings is 1. The van der Waals surface area contributed by atoms with E-state index in [0.717, 1.165) is 42.4 Å². The summed E-state index contributed by atoms with van der Waals surface area (Å²) in [6, 6.07) is 12.2. The van der Waals surface area contributed by atoms with Crippen molar-refractivity contribution in [1.29, 1.82) is 0 Å². The van der Waals surface area contributed by atoms with Gasteiger partial charge in [-0.2, -0.15) is 0 Å². The highest BCUT2D eigenvalue weighted by molar-refractivity contribution is 14.0. The first-order valence-electron chi connectivity index (χ1n) is 10.7. The number of imidazole rings is 1. The second-order valence-corrected chi connectivity index (χ2v) is 7.93. The molecule has 2 heterocycles. The highest BCUT2D eigenvalue weighted by Crippen LogP contribution is 2.27. The van der Waals surface area contributed by atoms with Crippen molar-refractivity contribution >= 4 is 29.9 Å². The number of nitrogens with zero attached hydrogens (tertiary/aromatic N) is 3. The second-order valence-electron chi connectivity index (χ2n) is 7.93. The Morgan fingerprint density at radius 2 is 1.97 bits per heavy atom. The minimum atomic E-state index is -1.10. The lowest BCUT2D eigenvalue weighted by atomic mass is 9.96. The molecular weight excluding hydrogens is 517 g/mol. The molecule has 0 bridgehead atoms. The number of guanidine groups is 1. The quantitative estimate of drug-likeness (QED) is 0.214. The van der Waals surface area contributed by atoms with Gasteiger partial charge in [0.2, 0.25) is 0 Å². The molecule has 8 heteroatoms. The first-order valence-corrected chi connectivity index (χ1v) is 10.7. The smallest absolute Gasteiger partial charge is 0.191 e. The number of aromatic nitrogens is 2. The fourth-order valence-electron chi connectivity index (χ4n) is 3.61. The molecule has 3 N–H and O–H groups in total. The minimum absolute atomic E-state index is 0. The van der Waals surface area contributed by atoms with Crippen LogP contribution in [0.2, 0.25) is 0 Å². The number of hydrogen-bond acceptors (Lipinski definition) is 4. The van der Waals surface area contributed by atoms with Crippen molar-refractivity contribution in [1.82, 2.24) is 20.2 Å². The van der Waals surface area contributed by atoms with Gasteiger partial charge in [-0.3, -0.25) is 0 Å². The van der Waals surface area contributed by atoms with Crippen molar-refractivity contribution in [3.8, 4) is 0 Å². The van der Waals surface area contributed by atoms with Gasteiger partial charge < -0.3 is 24.7 Å². The maximum Gasteiger partial charge on any atom is 0.191 e. The van der Waals surface area contributed by atoms with E-state index in [0.29, 0.717) is 12.5 Å². The lowest BCUT2D eigenvalue weighted by Gasteiger charge is -2.21. The standard InChI is InChI=1S/C24H33N5O2.HI/c1-5-25-23(28-17-24(4,30)21-15-18(2)31-19(21)3)27-12-11-22-26-13-14-29(22)16-20-9-7-6-8-10-20;/h6-10,13-15,30H,5,11-12,16-17H2,1-4H3,(H2,25,27,28);1H. The second kappa shape index (κ2) is 12.1. The first-order chi connectivity index (χ1) is 14.9. The van der Waals surface area contributed by atoms with Crippen LogP contribution in [0.15, 0.2) is 58.2 Å². The van der Waals surface area contributed by atoms with Crippen molar-refractivity contribution in [2.75, 3.05) is 19.6 Å². The van der Waals surface area contributed by atoms with E-state index in [1.165, 1.54) is 5.56 Å². The van der Waals surface area contributed by atoms with E-state index >= 15 is 0 Å². The predicted octanol–water partition coefficient (Wildman–Crippen LogP) is 3.76. The Morgan fingerprint density at radius 1 is 1.22 bits per heavy atom. The molecule has 2 aromatic heterocycles. The number of hydrogen-bond donors (Lipinski definition) is 3. The fourth-order valence-corrected chi connectivity index (χ4v) is 3.61. The molecule has 0 saturated carbocycles. The average molecular weight is 551 g/mol. The third kappa shape index (κ3) is 7.09. The maximum atomic E-state index is 10.9. The largest absolute Gasteiger partial charge is 0.466 e. The molecule has 0 aliphatic carbocycles. The van der Waals surface area contributed by atoms with E-state index in [1.54, 1.807) is 6.92 Å². The van der Waals surface area contributed by atoms with Gasteiger partial charge in [-0.1, -0.05) is 30.3 Å². The van der Waals surface area contributed by atoms with Crippen LogP contribution in [0.1, 0.15) is 42.3 Å². The Kier molecular flexibility index (Phi) is 9.77. The predicted molar refractivity (Wildman–Crippen MR) is 139 cm³/mol. The molecule has 0 saturated heterocycles. The van der Waals surface area contributed by atoms with Gasteiger partial charge in [-0.05, 0) is 39.3 Å². The topological polar surface area (TPSA) is 87.6 Å². The zero-order valence-corrected chi connectivity index (χ0v) is 21.6. The molecule has 1 unspecified atom stereocenters. The van der Waals surface area contributed by atoms with E-state index in [-0.39, 0.29) is 30.5 Å². The number of aliphatic imine (C=N–C) groups is 1. The van der Waals surface area contributed by atoms with Crippen molar-refractivity contribution in [2.45, 2.75) is 46.3 Å². The summed E-state index contributed by atoms with van der Waals surface area (Å²) in [7, 11) is 0. The molecule has 3 aromatic rings. The van der Waals surface area contributed by atoms with E-state index < -0.39 is 5.60 Å². The van der Waals surface area contributed by atoms with Crippen molar-refractivity contribution in [3.05, 3.63) is 77.3 Å². The summed E-state index contributed by atoms with van der Waals surface area (Å²) in [5.74, 6) is 3.19. The Bertz CT molecular complexity index is 995. The summed E-state index contributed by atoms with van der Waals surface area (Å²) in [6.07, 6.45) is 4.61. The Hall–Kier alpha value is -2.33. The van der Waals surface area contributed by atoms with E-state index in [9.17, 15) is 5.11 Å². The number of aryl methyl sites for hydroxylation is 2. The van der Waals surface area contributed by atoms with Gasteiger partial charge in [0.1, 0.15) is 22.9 Å². The number of halogens is 1. The lowest BCUT2D eigenvalue weighted by Crippen LogP contribution is -2.40. The normalized spacial score (nSPS) is 13.3. The lowest BCUT2D eigenvalue weighted by molar-refractivity contribution is 0.0657. The van der Waals surface area contributed by atoms with E-state index in [4.69, 9.17) is 4.42 Å². The molecule has 0 fully saturated rings. The zero-order valence-electron chi connectivity index (χ0n) is 19.3. The summed E-state index contributed by atoms with van der Waals surface area (Å²) in [5, 5.41) is 17.5. The van der Waals surface area contributed by atoms with Gasteiger partial charge in [-0.25, -0.2) is 9.98 Å². The van der Waals surface area contributed by atoms with Crippen LogP contribution < -0.4 is 10.6 Å². The Morgan fingerprint density at radius 3 is 2.62 bits per heavy atom. The molecule has 0 spiro atoms. The molecule has 32 heavy (non-hydrogen) atoms. The van der Waals surface area contributed by atoms with Crippen LogP contribution in [-0.2, 0) is 18.6 Å². The van der Waals surface area contributed by atoms with Crippen molar-refractivity contribution < 1.29 is 9.52 Å². The minimum Gasteiger partial charge on any atom is -0.466 e. The van der Waals surface area contributed by atoms with Crippen LogP contribution in [-0.4, -0.2) is 40.3 Å². The highest BCUT2D eigenvalue weighted by Gasteiger charge is 2.27. The molecular formula is C24H34IN5O2. The van der Waals surface area contributed by atoms with Crippen LogP contribution in [0.3, 0.4) is 0 Å². The molecule has 1 aromatic carbocycles. The number of furan rings is 1. The monoisotopic (exact) mass is 551 g/mol. The van der Waals surface area contributed by atoms with E-state index in [1.807, 2.05) is 57.4 Å². The van der Waals surface area contributed by atoms with Crippen LogP contribution in [0.25, 0.3) is 0 Å². The van der Waals surface area contributed by atoms with Gasteiger partial charge >= 0.3 is 0 Å². The molecule has 7 nitrogen and oxygen atoms in total. The molecule has 3 rings (SSSR count). The molecule has 174 valence electrons. The zero-order chi connectivity index (χ0) is 22.3. The summed E-state index contributed by atoms with van der Waals surface area (Å²) in [6.45, 7) is 9.97. The van der Waals surface area contributed by atoms with Crippen LogP contribution in [0.5, 0.6) is 0 Å². The molecule has 0 aliphatic heterocycles. The first kappa shape index (κ1) is 25.9. The molecule has 1 atom stereocenters. The van der Waals surface area contributed by atoms with Gasteiger partial charge in [0.15, 0.2) is 5.96 Å². The number of aliphatic hydroxyl groups is 1. The maximum absolute atomic E-state index is 10.9. The number of rotatable bonds is 9. The van der Waals surface area contributed by atoms with Gasteiger partial charge in [-0.15, -0.1) is 24.0 Å². The summed E-state index contributed by atoms with van der Waals surface area (Å²) >= 11 is 0. The average Bonchev–Trinajstić information content (AvgIpc) is 3.32. The van der Waals surface area contributed by atoms with Gasteiger partial charge in [0.05, 0.1) is 6.54 Å². The van der Waals surface area contributed by atoms with E-state index in [2.05, 4.69) is 37.3 Å². The summed E-state index contributed by atoms with van der Waals surface area (Å²) in [4.78, 5) is 9.10. The van der Waals surface area contributed by atoms with Crippen molar-refractivity contribution in [2.24, 2.45) is 4.99 Å². The fraction of sp³-hybridized carbons (Fsp3) is 0.417. The SMILES string of the molecule is CCNC(=NCC(C)(O)c1cc(C)oc1C)NCCc1nccn1Cc1ccccc1.I. The van der Waals surface area contributed by atoms with Crippen LogP contribution in [0.4, 0.5) is 0 Å². The molecule has 0 amide bonds.